The van der Waals surface area contributed by atoms with Gasteiger partial charge in [-0.2, -0.15) is 18.4 Å². The summed E-state index contributed by atoms with van der Waals surface area (Å²) in [4.78, 5) is 0. The van der Waals surface area contributed by atoms with Gasteiger partial charge < -0.3 is 5.73 Å². The van der Waals surface area contributed by atoms with E-state index in [1.807, 2.05) is 0 Å². The molecule has 0 amide bonds. The van der Waals surface area contributed by atoms with E-state index in [0.717, 1.165) is 0 Å². The maximum absolute atomic E-state index is 13.5. The zero-order valence-electron chi connectivity index (χ0n) is 8.35. The lowest BCUT2D eigenvalue weighted by Crippen LogP contribution is -2.14. The number of benzene rings is 1. The molecule has 1 atom stereocenters. The van der Waals surface area contributed by atoms with Gasteiger partial charge in [0.1, 0.15) is 5.82 Å². The zero-order valence-corrected chi connectivity index (χ0v) is 9.11. The van der Waals surface area contributed by atoms with E-state index in [0.29, 0.717) is 12.1 Å². The van der Waals surface area contributed by atoms with Crippen molar-refractivity contribution in [1.82, 2.24) is 0 Å². The SMILES string of the molecule is N#CC[C@@H](N)c1cc(C(F)(F)F)cc(Cl)c1F. The molecule has 0 spiro atoms. The molecule has 0 saturated carbocycles. The van der Waals surface area contributed by atoms with Gasteiger partial charge in [-0.3, -0.25) is 0 Å². The van der Waals surface area contributed by atoms with Gasteiger partial charge in [-0.15, -0.1) is 0 Å². The van der Waals surface area contributed by atoms with Crippen LogP contribution in [0.5, 0.6) is 0 Å². The quantitative estimate of drug-likeness (QED) is 0.834. The Balaban J connectivity index is 3.31. The molecule has 1 rings (SSSR count). The lowest BCUT2D eigenvalue weighted by Gasteiger charge is -2.14. The average Bonchev–Trinajstić information content (AvgIpc) is 2.20. The van der Waals surface area contributed by atoms with Crippen molar-refractivity contribution >= 4 is 11.6 Å². The third-order valence-electron chi connectivity index (χ3n) is 2.09. The summed E-state index contributed by atoms with van der Waals surface area (Å²) in [6.45, 7) is 0. The molecule has 0 saturated heterocycles. The Morgan fingerprint density at radius 3 is 2.47 bits per heavy atom. The summed E-state index contributed by atoms with van der Waals surface area (Å²) in [5, 5.41) is 7.72. The minimum Gasteiger partial charge on any atom is -0.323 e. The van der Waals surface area contributed by atoms with E-state index >= 15 is 0 Å². The van der Waals surface area contributed by atoms with Crippen LogP contribution in [0.4, 0.5) is 17.6 Å². The van der Waals surface area contributed by atoms with Crippen LogP contribution < -0.4 is 5.73 Å². The third kappa shape index (κ3) is 3.08. The molecule has 0 bridgehead atoms. The van der Waals surface area contributed by atoms with Crippen LogP contribution >= 0.6 is 11.6 Å². The molecule has 0 aliphatic heterocycles. The number of nitriles is 1. The lowest BCUT2D eigenvalue weighted by molar-refractivity contribution is -0.137. The molecule has 2 N–H and O–H groups in total. The van der Waals surface area contributed by atoms with Crippen molar-refractivity contribution in [3.63, 3.8) is 0 Å². The van der Waals surface area contributed by atoms with Crippen molar-refractivity contribution in [3.05, 3.63) is 34.1 Å². The highest BCUT2D eigenvalue weighted by Gasteiger charge is 2.32. The molecular weight excluding hydrogens is 260 g/mol. The van der Waals surface area contributed by atoms with Gasteiger partial charge in [0.05, 0.1) is 23.1 Å². The molecule has 1 aromatic carbocycles. The molecule has 1 aromatic rings. The van der Waals surface area contributed by atoms with Gasteiger partial charge in [0.15, 0.2) is 0 Å². The number of rotatable bonds is 2. The first kappa shape index (κ1) is 13.7. The van der Waals surface area contributed by atoms with Gasteiger partial charge in [-0.25, -0.2) is 4.39 Å². The molecular formula is C10H7ClF4N2. The Hall–Kier alpha value is -1.32. The topological polar surface area (TPSA) is 49.8 Å². The van der Waals surface area contributed by atoms with Crippen molar-refractivity contribution in [2.24, 2.45) is 5.73 Å². The standard InChI is InChI=1S/C10H7ClF4N2/c11-7-4-5(10(13,14)15)3-6(9(7)12)8(17)1-2-16/h3-4,8H,1,17H2/t8-/m1/s1. The summed E-state index contributed by atoms with van der Waals surface area (Å²) >= 11 is 5.36. The largest absolute Gasteiger partial charge is 0.416 e. The highest BCUT2D eigenvalue weighted by atomic mass is 35.5. The Morgan fingerprint density at radius 2 is 2.00 bits per heavy atom. The molecule has 17 heavy (non-hydrogen) atoms. The van der Waals surface area contributed by atoms with Gasteiger partial charge >= 0.3 is 6.18 Å². The van der Waals surface area contributed by atoms with Crippen molar-refractivity contribution in [2.75, 3.05) is 0 Å². The summed E-state index contributed by atoms with van der Waals surface area (Å²) in [6, 6.07) is 1.57. The summed E-state index contributed by atoms with van der Waals surface area (Å²) in [6.07, 6.45) is -4.94. The smallest absolute Gasteiger partial charge is 0.323 e. The first-order valence-corrected chi connectivity index (χ1v) is 4.83. The first-order chi connectivity index (χ1) is 7.77. The highest BCUT2D eigenvalue weighted by Crippen LogP contribution is 2.35. The average molecular weight is 267 g/mol. The molecule has 92 valence electrons. The van der Waals surface area contributed by atoms with E-state index in [4.69, 9.17) is 22.6 Å². The second-order valence-electron chi connectivity index (χ2n) is 3.33. The monoisotopic (exact) mass is 266 g/mol. The predicted molar refractivity (Wildman–Crippen MR) is 53.6 cm³/mol. The van der Waals surface area contributed by atoms with Crippen LogP contribution in [0.3, 0.4) is 0 Å². The number of hydrogen-bond donors (Lipinski definition) is 1. The molecule has 0 fully saturated rings. The van der Waals surface area contributed by atoms with E-state index in [-0.39, 0.29) is 6.42 Å². The number of halogens is 5. The molecule has 0 unspecified atom stereocenters. The van der Waals surface area contributed by atoms with Gasteiger partial charge in [0, 0.05) is 11.6 Å². The van der Waals surface area contributed by atoms with Crippen LogP contribution in [0.15, 0.2) is 12.1 Å². The molecule has 0 radical (unpaired) electrons. The number of hydrogen-bond acceptors (Lipinski definition) is 2. The number of nitrogens with zero attached hydrogens (tertiary/aromatic N) is 1. The lowest BCUT2D eigenvalue weighted by atomic mass is 10.0. The van der Waals surface area contributed by atoms with Gasteiger partial charge in [0.25, 0.3) is 0 Å². The fourth-order valence-corrected chi connectivity index (χ4v) is 1.48. The fourth-order valence-electron chi connectivity index (χ4n) is 1.25. The number of alkyl halides is 3. The van der Waals surface area contributed by atoms with E-state index in [1.54, 1.807) is 6.07 Å². The van der Waals surface area contributed by atoms with Crippen LogP contribution in [0, 0.1) is 17.1 Å². The van der Waals surface area contributed by atoms with Crippen LogP contribution in [-0.4, -0.2) is 0 Å². The van der Waals surface area contributed by atoms with Crippen LogP contribution in [0.25, 0.3) is 0 Å². The van der Waals surface area contributed by atoms with Crippen LogP contribution in [0.1, 0.15) is 23.6 Å². The van der Waals surface area contributed by atoms with Crippen LogP contribution in [-0.2, 0) is 6.18 Å². The predicted octanol–water partition coefficient (Wildman–Crippen LogP) is 3.41. The Kier molecular flexibility index (Phi) is 3.96. The fraction of sp³-hybridized carbons (Fsp3) is 0.300. The van der Waals surface area contributed by atoms with Crippen molar-refractivity contribution in [3.8, 4) is 6.07 Å². The molecule has 0 aromatic heterocycles. The second-order valence-corrected chi connectivity index (χ2v) is 3.73. The summed E-state index contributed by atoms with van der Waals surface area (Å²) in [5.74, 6) is -1.03. The van der Waals surface area contributed by atoms with Gasteiger partial charge in [-0.1, -0.05) is 11.6 Å². The Labute approximate surface area is 99.6 Å². The maximum Gasteiger partial charge on any atom is 0.416 e. The Bertz CT molecular complexity index is 465. The van der Waals surface area contributed by atoms with E-state index in [2.05, 4.69) is 0 Å². The summed E-state index contributed by atoms with van der Waals surface area (Å²) < 4.78 is 50.8. The van der Waals surface area contributed by atoms with E-state index in [9.17, 15) is 17.6 Å². The maximum atomic E-state index is 13.5. The minimum absolute atomic E-state index is 0.297. The summed E-state index contributed by atoms with van der Waals surface area (Å²) in [5.41, 5.74) is 3.90. The van der Waals surface area contributed by atoms with Crippen molar-refractivity contribution in [2.45, 2.75) is 18.6 Å². The molecule has 0 heterocycles. The molecule has 0 aliphatic carbocycles. The van der Waals surface area contributed by atoms with Gasteiger partial charge in [0.2, 0.25) is 0 Å². The summed E-state index contributed by atoms with van der Waals surface area (Å²) in [7, 11) is 0. The minimum atomic E-state index is -4.64. The second kappa shape index (κ2) is 4.90. The normalized spacial score (nSPS) is 13.2. The van der Waals surface area contributed by atoms with E-state index < -0.39 is 34.2 Å². The molecule has 0 aliphatic rings. The highest BCUT2D eigenvalue weighted by molar-refractivity contribution is 6.30. The van der Waals surface area contributed by atoms with Gasteiger partial charge in [-0.05, 0) is 12.1 Å². The number of nitrogens with two attached hydrogens (primary N) is 1. The Morgan fingerprint density at radius 1 is 1.41 bits per heavy atom. The van der Waals surface area contributed by atoms with Crippen LogP contribution in [0.2, 0.25) is 5.02 Å². The molecule has 2 nitrogen and oxygen atoms in total. The van der Waals surface area contributed by atoms with Crippen molar-refractivity contribution in [1.29, 1.82) is 5.26 Å². The zero-order chi connectivity index (χ0) is 13.2. The van der Waals surface area contributed by atoms with Crippen molar-refractivity contribution < 1.29 is 17.6 Å². The molecule has 7 heteroatoms. The first-order valence-electron chi connectivity index (χ1n) is 4.46. The third-order valence-corrected chi connectivity index (χ3v) is 2.37. The van der Waals surface area contributed by atoms with E-state index in [1.165, 1.54) is 0 Å².